The minimum absolute atomic E-state index is 0.115. The molecule has 1 fully saturated rings. The van der Waals surface area contributed by atoms with Crippen LogP contribution in [0.15, 0.2) is 34.9 Å². The number of anilines is 1. The van der Waals surface area contributed by atoms with Gasteiger partial charge in [0.25, 0.3) is 5.91 Å². The lowest BCUT2D eigenvalue weighted by Gasteiger charge is -2.25. The quantitative estimate of drug-likeness (QED) is 0.805. The Morgan fingerprint density at radius 3 is 2.59 bits per heavy atom. The summed E-state index contributed by atoms with van der Waals surface area (Å²) in [5.41, 5.74) is 0.350. The minimum atomic E-state index is -0.408. The molecule has 7 nitrogen and oxygen atoms in total. The van der Waals surface area contributed by atoms with Gasteiger partial charge in [-0.2, -0.15) is 0 Å². The molecule has 1 N–H and O–H groups in total. The van der Waals surface area contributed by atoms with Crippen molar-refractivity contribution in [3.05, 3.63) is 47.5 Å². The average molecular weight is 374 g/mol. The van der Waals surface area contributed by atoms with E-state index in [1.165, 1.54) is 29.2 Å². The lowest BCUT2D eigenvalue weighted by atomic mass is 10.2. The van der Waals surface area contributed by atoms with Crippen LogP contribution in [0.2, 0.25) is 0 Å². The normalized spacial score (nSPS) is 14.3. The van der Waals surface area contributed by atoms with Crippen molar-refractivity contribution < 1.29 is 18.5 Å². The number of benzene rings is 1. The van der Waals surface area contributed by atoms with Crippen molar-refractivity contribution in [2.24, 2.45) is 0 Å². The molecule has 1 aromatic carbocycles. The number of rotatable bonds is 7. The second-order valence-electron chi connectivity index (χ2n) is 6.65. The van der Waals surface area contributed by atoms with E-state index in [1.54, 1.807) is 13.0 Å². The van der Waals surface area contributed by atoms with Crippen LogP contribution in [-0.2, 0) is 4.79 Å². The van der Waals surface area contributed by atoms with Gasteiger partial charge >= 0.3 is 0 Å². The van der Waals surface area contributed by atoms with Gasteiger partial charge in [0.05, 0.1) is 0 Å². The fourth-order valence-electron chi connectivity index (χ4n) is 3.08. The second kappa shape index (κ2) is 8.77. The maximum absolute atomic E-state index is 13.1. The number of likely N-dealkylation sites (tertiary alicyclic amines) is 1. The fourth-order valence-corrected chi connectivity index (χ4v) is 3.08. The van der Waals surface area contributed by atoms with Crippen LogP contribution in [0.3, 0.4) is 0 Å². The number of carbonyl (C=O) groups is 2. The molecular formula is C19H23FN4O3. The molecule has 27 heavy (non-hydrogen) atoms. The summed E-state index contributed by atoms with van der Waals surface area (Å²) in [5, 5.41) is 6.35. The number of amides is 2. The molecule has 0 atom stereocenters. The number of aromatic nitrogens is 1. The number of hydrogen-bond donors (Lipinski definition) is 1. The highest BCUT2D eigenvalue weighted by Gasteiger charge is 2.21. The molecule has 0 aliphatic carbocycles. The number of carbonyl (C=O) groups excluding carboxylic acids is 2. The first kappa shape index (κ1) is 19.0. The summed E-state index contributed by atoms with van der Waals surface area (Å²) in [6.07, 6.45) is 2.30. The summed E-state index contributed by atoms with van der Waals surface area (Å²) in [6, 6.07) is 6.95. The molecule has 8 heteroatoms. The molecule has 2 heterocycles. The van der Waals surface area contributed by atoms with Gasteiger partial charge in [-0.05, 0) is 57.1 Å². The van der Waals surface area contributed by atoms with Crippen molar-refractivity contribution in [1.29, 1.82) is 0 Å². The van der Waals surface area contributed by atoms with Crippen molar-refractivity contribution >= 4 is 17.6 Å². The first-order chi connectivity index (χ1) is 13.0. The SMILES string of the molecule is Cc1cc(NC(=O)CN(CCN2CCCC2)C(=O)c2ccc(F)cc2)no1. The van der Waals surface area contributed by atoms with Crippen LogP contribution >= 0.6 is 0 Å². The summed E-state index contributed by atoms with van der Waals surface area (Å²) in [4.78, 5) is 28.9. The lowest BCUT2D eigenvalue weighted by molar-refractivity contribution is -0.117. The monoisotopic (exact) mass is 374 g/mol. The third kappa shape index (κ3) is 5.37. The third-order valence-corrected chi connectivity index (χ3v) is 4.49. The summed E-state index contributed by atoms with van der Waals surface area (Å²) >= 11 is 0. The molecule has 0 unspecified atom stereocenters. The molecule has 144 valence electrons. The topological polar surface area (TPSA) is 78.7 Å². The van der Waals surface area contributed by atoms with Crippen LogP contribution in [0.4, 0.5) is 10.2 Å². The number of nitrogens with zero attached hydrogens (tertiary/aromatic N) is 3. The molecule has 1 saturated heterocycles. The van der Waals surface area contributed by atoms with Gasteiger partial charge in [0.1, 0.15) is 18.1 Å². The lowest BCUT2D eigenvalue weighted by Crippen LogP contribution is -2.42. The zero-order valence-corrected chi connectivity index (χ0v) is 15.3. The molecule has 0 spiro atoms. The van der Waals surface area contributed by atoms with Crippen LogP contribution in [0, 0.1) is 12.7 Å². The smallest absolute Gasteiger partial charge is 0.254 e. The van der Waals surface area contributed by atoms with Gasteiger partial charge in [0, 0.05) is 24.7 Å². The highest BCUT2D eigenvalue weighted by molar-refractivity contribution is 5.99. The van der Waals surface area contributed by atoms with Gasteiger partial charge in [-0.1, -0.05) is 5.16 Å². The molecule has 1 aliphatic heterocycles. The van der Waals surface area contributed by atoms with Gasteiger partial charge in [0.15, 0.2) is 5.82 Å². The van der Waals surface area contributed by atoms with Gasteiger partial charge in [-0.15, -0.1) is 0 Å². The zero-order valence-electron chi connectivity index (χ0n) is 15.3. The van der Waals surface area contributed by atoms with Crippen molar-refractivity contribution in [2.75, 3.05) is 38.0 Å². The number of aryl methyl sites for hydroxylation is 1. The Bertz CT molecular complexity index is 785. The number of halogens is 1. The Kier molecular flexibility index (Phi) is 6.18. The number of nitrogens with one attached hydrogen (secondary N) is 1. The van der Waals surface area contributed by atoms with E-state index in [4.69, 9.17) is 4.52 Å². The Balaban J connectivity index is 1.66. The van der Waals surface area contributed by atoms with Crippen LogP contribution in [0.1, 0.15) is 29.0 Å². The molecule has 0 saturated carbocycles. The van der Waals surface area contributed by atoms with Gasteiger partial charge < -0.3 is 19.6 Å². The first-order valence-electron chi connectivity index (χ1n) is 9.01. The first-order valence-corrected chi connectivity index (χ1v) is 9.01. The van der Waals surface area contributed by atoms with Crippen molar-refractivity contribution in [2.45, 2.75) is 19.8 Å². The molecule has 1 aliphatic rings. The number of hydrogen-bond acceptors (Lipinski definition) is 5. The Hall–Kier alpha value is -2.74. The van der Waals surface area contributed by atoms with E-state index in [0.29, 0.717) is 30.2 Å². The third-order valence-electron chi connectivity index (χ3n) is 4.49. The van der Waals surface area contributed by atoms with Gasteiger partial charge in [0.2, 0.25) is 5.91 Å². The molecule has 0 radical (unpaired) electrons. The maximum Gasteiger partial charge on any atom is 0.254 e. The Morgan fingerprint density at radius 2 is 1.96 bits per heavy atom. The van der Waals surface area contributed by atoms with Crippen LogP contribution < -0.4 is 5.32 Å². The highest BCUT2D eigenvalue weighted by atomic mass is 19.1. The Labute approximate surface area is 157 Å². The fraction of sp³-hybridized carbons (Fsp3) is 0.421. The molecular weight excluding hydrogens is 351 g/mol. The molecule has 3 rings (SSSR count). The van der Waals surface area contributed by atoms with Crippen molar-refractivity contribution in [3.8, 4) is 0 Å². The van der Waals surface area contributed by atoms with Crippen molar-refractivity contribution in [3.63, 3.8) is 0 Å². The van der Waals surface area contributed by atoms with E-state index >= 15 is 0 Å². The van der Waals surface area contributed by atoms with E-state index in [9.17, 15) is 14.0 Å². The Morgan fingerprint density at radius 1 is 1.26 bits per heavy atom. The predicted octanol–water partition coefficient (Wildman–Crippen LogP) is 2.30. The molecule has 1 aromatic heterocycles. The van der Waals surface area contributed by atoms with Crippen molar-refractivity contribution in [1.82, 2.24) is 15.0 Å². The summed E-state index contributed by atoms with van der Waals surface area (Å²) in [5.74, 6) is -0.181. The van der Waals surface area contributed by atoms with Gasteiger partial charge in [-0.3, -0.25) is 9.59 Å². The summed E-state index contributed by atoms with van der Waals surface area (Å²) in [6.45, 7) is 4.73. The van der Waals surface area contributed by atoms with E-state index in [2.05, 4.69) is 15.4 Å². The standard InChI is InChI=1S/C19H23FN4O3/c1-14-12-17(22-27-14)21-18(25)13-24(11-10-23-8-2-3-9-23)19(26)15-4-6-16(20)7-5-15/h4-7,12H,2-3,8-11,13H2,1H3,(H,21,22,25). The molecule has 0 bridgehead atoms. The largest absolute Gasteiger partial charge is 0.360 e. The van der Waals surface area contributed by atoms with Crippen LogP contribution in [0.5, 0.6) is 0 Å². The van der Waals surface area contributed by atoms with E-state index in [-0.39, 0.29) is 18.4 Å². The van der Waals surface area contributed by atoms with E-state index < -0.39 is 5.82 Å². The second-order valence-corrected chi connectivity index (χ2v) is 6.65. The predicted molar refractivity (Wildman–Crippen MR) is 97.8 cm³/mol. The summed E-state index contributed by atoms with van der Waals surface area (Å²) in [7, 11) is 0. The maximum atomic E-state index is 13.1. The molecule has 2 amide bonds. The zero-order chi connectivity index (χ0) is 19.2. The van der Waals surface area contributed by atoms with Crippen LogP contribution in [0.25, 0.3) is 0 Å². The minimum Gasteiger partial charge on any atom is -0.360 e. The van der Waals surface area contributed by atoms with E-state index in [1.807, 2.05) is 0 Å². The van der Waals surface area contributed by atoms with E-state index in [0.717, 1.165) is 25.9 Å². The van der Waals surface area contributed by atoms with Crippen LogP contribution in [-0.4, -0.2) is 59.5 Å². The summed E-state index contributed by atoms with van der Waals surface area (Å²) < 4.78 is 18.1. The molecule has 2 aromatic rings. The highest BCUT2D eigenvalue weighted by Crippen LogP contribution is 2.11. The average Bonchev–Trinajstić information content (AvgIpc) is 3.30. The van der Waals surface area contributed by atoms with Gasteiger partial charge in [-0.25, -0.2) is 4.39 Å².